The number of hydrogen-bond donors (Lipinski definition) is 1. The zero-order valence-corrected chi connectivity index (χ0v) is 14.7. The summed E-state index contributed by atoms with van der Waals surface area (Å²) in [6, 6.07) is 0. The van der Waals surface area contributed by atoms with Gasteiger partial charge in [-0.1, -0.05) is 12.8 Å². The molecule has 1 atom stereocenters. The highest BCUT2D eigenvalue weighted by Gasteiger charge is 2.18. The SMILES string of the molecule is CN1CCC[C@H](CCNC(=O)CCC(=O)N2CCCCCC2)C1. The molecule has 5 nitrogen and oxygen atoms in total. The minimum atomic E-state index is 0.0253. The fourth-order valence-electron chi connectivity index (χ4n) is 3.71. The molecule has 2 fully saturated rings. The molecule has 2 heterocycles. The first-order valence-electron chi connectivity index (χ1n) is 9.38. The van der Waals surface area contributed by atoms with Crippen LogP contribution in [0.4, 0.5) is 0 Å². The molecule has 132 valence electrons. The summed E-state index contributed by atoms with van der Waals surface area (Å²) < 4.78 is 0. The van der Waals surface area contributed by atoms with E-state index >= 15 is 0 Å². The van der Waals surface area contributed by atoms with Gasteiger partial charge in [0, 0.05) is 39.0 Å². The average Bonchev–Trinajstić information content (AvgIpc) is 2.82. The average molecular weight is 323 g/mol. The van der Waals surface area contributed by atoms with Crippen molar-refractivity contribution in [3.05, 3.63) is 0 Å². The Bertz CT molecular complexity index is 378. The topological polar surface area (TPSA) is 52.7 Å². The Hall–Kier alpha value is -1.10. The maximum absolute atomic E-state index is 12.2. The van der Waals surface area contributed by atoms with Crippen molar-refractivity contribution in [3.8, 4) is 0 Å². The van der Waals surface area contributed by atoms with Crippen LogP contribution < -0.4 is 5.32 Å². The molecule has 0 aromatic rings. The number of rotatable bonds is 6. The van der Waals surface area contributed by atoms with Crippen molar-refractivity contribution in [2.45, 2.75) is 57.8 Å². The third kappa shape index (κ3) is 6.90. The molecule has 5 heteroatoms. The number of piperidine rings is 1. The van der Waals surface area contributed by atoms with E-state index in [4.69, 9.17) is 0 Å². The van der Waals surface area contributed by atoms with Gasteiger partial charge in [-0.25, -0.2) is 0 Å². The van der Waals surface area contributed by atoms with E-state index < -0.39 is 0 Å². The number of nitrogens with one attached hydrogen (secondary N) is 1. The minimum absolute atomic E-state index is 0.0253. The lowest BCUT2D eigenvalue weighted by Crippen LogP contribution is -2.35. The van der Waals surface area contributed by atoms with Gasteiger partial charge in [-0.3, -0.25) is 9.59 Å². The van der Waals surface area contributed by atoms with Crippen LogP contribution in [-0.4, -0.2) is 61.4 Å². The van der Waals surface area contributed by atoms with Gasteiger partial charge in [-0.05, 0) is 51.6 Å². The Labute approximate surface area is 140 Å². The van der Waals surface area contributed by atoms with Gasteiger partial charge < -0.3 is 15.1 Å². The van der Waals surface area contributed by atoms with Gasteiger partial charge in [0.05, 0.1) is 0 Å². The van der Waals surface area contributed by atoms with Crippen molar-refractivity contribution in [3.63, 3.8) is 0 Å². The predicted octanol–water partition coefficient (Wildman–Crippen LogP) is 2.02. The highest BCUT2D eigenvalue weighted by Crippen LogP contribution is 2.17. The van der Waals surface area contributed by atoms with E-state index in [0.717, 1.165) is 45.4 Å². The fraction of sp³-hybridized carbons (Fsp3) is 0.889. The summed E-state index contributed by atoms with van der Waals surface area (Å²) in [4.78, 5) is 28.4. The Morgan fingerprint density at radius 3 is 2.43 bits per heavy atom. The molecule has 23 heavy (non-hydrogen) atoms. The zero-order valence-electron chi connectivity index (χ0n) is 14.7. The molecule has 0 spiro atoms. The Balaban J connectivity index is 1.56. The number of amides is 2. The molecule has 0 saturated carbocycles. The maximum Gasteiger partial charge on any atom is 0.223 e. The standard InChI is InChI=1S/C18H33N3O2/c1-20-12-6-7-16(15-20)10-11-19-17(22)8-9-18(23)21-13-4-2-3-5-14-21/h16H,2-15H2,1H3,(H,19,22)/t16-/m1/s1. The highest BCUT2D eigenvalue weighted by atomic mass is 16.2. The molecule has 0 radical (unpaired) electrons. The van der Waals surface area contributed by atoms with Crippen LogP contribution in [-0.2, 0) is 9.59 Å². The first-order chi connectivity index (χ1) is 11.1. The first kappa shape index (κ1) is 18.2. The summed E-state index contributed by atoms with van der Waals surface area (Å²) in [5.74, 6) is 0.876. The summed E-state index contributed by atoms with van der Waals surface area (Å²) in [6.45, 7) is 4.82. The lowest BCUT2D eigenvalue weighted by Gasteiger charge is -2.29. The molecule has 0 unspecified atom stereocenters. The van der Waals surface area contributed by atoms with Gasteiger partial charge in [0.25, 0.3) is 0 Å². The van der Waals surface area contributed by atoms with Crippen LogP contribution in [0.2, 0.25) is 0 Å². The molecule has 2 aliphatic rings. The normalized spacial score (nSPS) is 23.3. The quantitative estimate of drug-likeness (QED) is 0.813. The Morgan fingerprint density at radius 1 is 1.00 bits per heavy atom. The maximum atomic E-state index is 12.2. The van der Waals surface area contributed by atoms with Crippen LogP contribution in [0, 0.1) is 5.92 Å². The predicted molar refractivity (Wildman–Crippen MR) is 92.1 cm³/mol. The van der Waals surface area contributed by atoms with Crippen LogP contribution in [0.15, 0.2) is 0 Å². The van der Waals surface area contributed by atoms with E-state index in [1.165, 1.54) is 32.2 Å². The van der Waals surface area contributed by atoms with Crippen LogP contribution in [0.1, 0.15) is 57.8 Å². The first-order valence-corrected chi connectivity index (χ1v) is 9.38. The van der Waals surface area contributed by atoms with E-state index in [1.807, 2.05) is 4.90 Å². The van der Waals surface area contributed by atoms with E-state index in [9.17, 15) is 9.59 Å². The molecular weight excluding hydrogens is 290 g/mol. The van der Waals surface area contributed by atoms with Gasteiger partial charge in [0.2, 0.25) is 11.8 Å². The molecule has 0 bridgehead atoms. The second kappa shape index (κ2) is 9.91. The van der Waals surface area contributed by atoms with E-state index in [0.29, 0.717) is 18.8 Å². The third-order valence-electron chi connectivity index (χ3n) is 5.12. The number of likely N-dealkylation sites (tertiary alicyclic amines) is 2. The molecule has 1 N–H and O–H groups in total. The lowest BCUT2D eigenvalue weighted by atomic mass is 9.95. The largest absolute Gasteiger partial charge is 0.356 e. The summed E-state index contributed by atoms with van der Waals surface area (Å²) in [7, 11) is 2.17. The van der Waals surface area contributed by atoms with Crippen LogP contribution in [0.5, 0.6) is 0 Å². The van der Waals surface area contributed by atoms with Gasteiger partial charge in [0.15, 0.2) is 0 Å². The van der Waals surface area contributed by atoms with Gasteiger partial charge in [0.1, 0.15) is 0 Å². The molecule has 2 aliphatic heterocycles. The molecule has 0 aromatic heterocycles. The van der Waals surface area contributed by atoms with Crippen molar-refractivity contribution in [2.75, 3.05) is 39.8 Å². The van der Waals surface area contributed by atoms with Gasteiger partial charge in [-0.15, -0.1) is 0 Å². The van der Waals surface area contributed by atoms with E-state index in [2.05, 4.69) is 17.3 Å². The second-order valence-corrected chi connectivity index (χ2v) is 7.20. The monoisotopic (exact) mass is 323 g/mol. The van der Waals surface area contributed by atoms with Crippen molar-refractivity contribution in [2.24, 2.45) is 5.92 Å². The number of hydrogen-bond acceptors (Lipinski definition) is 3. The molecule has 2 rings (SSSR count). The van der Waals surface area contributed by atoms with Gasteiger partial charge >= 0.3 is 0 Å². The van der Waals surface area contributed by atoms with Crippen LogP contribution in [0.3, 0.4) is 0 Å². The van der Waals surface area contributed by atoms with Crippen molar-refractivity contribution in [1.82, 2.24) is 15.1 Å². The summed E-state index contributed by atoms with van der Waals surface area (Å²) in [6.07, 6.45) is 8.93. The second-order valence-electron chi connectivity index (χ2n) is 7.20. The van der Waals surface area contributed by atoms with E-state index in [-0.39, 0.29) is 11.8 Å². The zero-order chi connectivity index (χ0) is 16.5. The molecule has 2 saturated heterocycles. The Kier molecular flexibility index (Phi) is 7.86. The number of carbonyl (C=O) groups excluding carboxylic acids is 2. The lowest BCUT2D eigenvalue weighted by molar-refractivity contribution is -0.133. The van der Waals surface area contributed by atoms with Crippen molar-refractivity contribution in [1.29, 1.82) is 0 Å². The highest BCUT2D eigenvalue weighted by molar-refractivity contribution is 5.83. The number of carbonyl (C=O) groups is 2. The molecule has 0 aliphatic carbocycles. The smallest absolute Gasteiger partial charge is 0.223 e. The Morgan fingerprint density at radius 2 is 1.74 bits per heavy atom. The fourth-order valence-corrected chi connectivity index (χ4v) is 3.71. The molecule has 2 amide bonds. The van der Waals surface area contributed by atoms with Crippen LogP contribution in [0.25, 0.3) is 0 Å². The summed E-state index contributed by atoms with van der Waals surface area (Å²) in [5, 5.41) is 2.99. The summed E-state index contributed by atoms with van der Waals surface area (Å²) in [5.41, 5.74) is 0. The van der Waals surface area contributed by atoms with E-state index in [1.54, 1.807) is 0 Å². The number of nitrogens with zero attached hydrogens (tertiary/aromatic N) is 2. The summed E-state index contributed by atoms with van der Waals surface area (Å²) >= 11 is 0. The molecular formula is C18H33N3O2. The minimum Gasteiger partial charge on any atom is -0.356 e. The van der Waals surface area contributed by atoms with Crippen molar-refractivity contribution >= 4 is 11.8 Å². The third-order valence-corrected chi connectivity index (χ3v) is 5.12. The van der Waals surface area contributed by atoms with Crippen molar-refractivity contribution < 1.29 is 9.59 Å². The van der Waals surface area contributed by atoms with Gasteiger partial charge in [-0.2, -0.15) is 0 Å². The molecule has 0 aromatic carbocycles. The van der Waals surface area contributed by atoms with Crippen LogP contribution >= 0.6 is 0 Å².